The molecule has 5 rings (SSSR count). The fourth-order valence-electron chi connectivity index (χ4n) is 3.55. The molecule has 1 fully saturated rings. The lowest BCUT2D eigenvalue weighted by molar-refractivity contribution is 0.0202. The maximum Gasteiger partial charge on any atom is 0.438 e. The summed E-state index contributed by atoms with van der Waals surface area (Å²) in [5, 5.41) is 5.38. The van der Waals surface area contributed by atoms with Crippen molar-refractivity contribution in [2.75, 3.05) is 26.3 Å². The van der Waals surface area contributed by atoms with E-state index in [1.165, 1.54) is 4.68 Å². The molecular weight excluding hydrogens is 368 g/mol. The maximum atomic E-state index is 12.4. The number of hydrogen-bond acceptors (Lipinski definition) is 6. The fourth-order valence-corrected chi connectivity index (χ4v) is 3.55. The number of rotatable bonds is 4. The minimum absolute atomic E-state index is 0.305. The summed E-state index contributed by atoms with van der Waals surface area (Å²) in [7, 11) is 0. The van der Waals surface area contributed by atoms with Crippen LogP contribution in [0.2, 0.25) is 0 Å². The first-order valence-corrected chi connectivity index (χ1v) is 9.61. The number of morpholine rings is 1. The molecule has 0 bridgehead atoms. The fraction of sp³-hybridized carbons (Fsp3) is 0.227. The molecule has 0 radical (unpaired) electrons. The van der Waals surface area contributed by atoms with Crippen LogP contribution in [0.15, 0.2) is 69.9 Å². The smallest absolute Gasteiger partial charge is 0.388 e. The van der Waals surface area contributed by atoms with Gasteiger partial charge in [-0.15, -0.1) is 5.10 Å². The van der Waals surface area contributed by atoms with E-state index in [4.69, 9.17) is 14.1 Å². The van der Waals surface area contributed by atoms with Gasteiger partial charge in [0, 0.05) is 24.0 Å². The zero-order valence-electron chi connectivity index (χ0n) is 15.8. The van der Waals surface area contributed by atoms with Crippen molar-refractivity contribution >= 4 is 10.9 Å². The zero-order chi connectivity index (χ0) is 19.6. The van der Waals surface area contributed by atoms with E-state index in [-0.39, 0.29) is 0 Å². The lowest BCUT2D eigenvalue weighted by Crippen LogP contribution is -2.39. The largest absolute Gasteiger partial charge is 0.438 e. The summed E-state index contributed by atoms with van der Waals surface area (Å²) in [5.74, 6) is -0.160. The van der Waals surface area contributed by atoms with Crippen molar-refractivity contribution in [3.8, 4) is 22.7 Å². The van der Waals surface area contributed by atoms with E-state index < -0.39 is 5.76 Å². The Bertz CT molecular complexity index is 1190. The average molecular weight is 388 g/mol. The number of aromatic nitrogens is 3. The van der Waals surface area contributed by atoms with Gasteiger partial charge in [-0.2, -0.15) is 4.68 Å². The SMILES string of the molecule is O=c1oc(-c2cc(-c3ccccc3)nc3ccccc23)nn1CN1CCOCC1. The van der Waals surface area contributed by atoms with Gasteiger partial charge in [-0.1, -0.05) is 48.5 Å². The van der Waals surface area contributed by atoms with Gasteiger partial charge in [-0.05, 0) is 12.1 Å². The Hall–Kier alpha value is -3.29. The van der Waals surface area contributed by atoms with Crippen LogP contribution in [-0.4, -0.2) is 46.0 Å². The molecule has 0 atom stereocenters. The van der Waals surface area contributed by atoms with Crippen LogP contribution in [0.25, 0.3) is 33.6 Å². The highest BCUT2D eigenvalue weighted by Gasteiger charge is 2.18. The van der Waals surface area contributed by atoms with E-state index in [0.29, 0.717) is 25.8 Å². The molecule has 0 N–H and O–H groups in total. The molecule has 0 spiro atoms. The second kappa shape index (κ2) is 7.62. The van der Waals surface area contributed by atoms with Gasteiger partial charge in [0.15, 0.2) is 0 Å². The van der Waals surface area contributed by atoms with E-state index in [1.54, 1.807) is 0 Å². The molecule has 146 valence electrons. The summed E-state index contributed by atoms with van der Waals surface area (Å²) >= 11 is 0. The summed E-state index contributed by atoms with van der Waals surface area (Å²) in [5.41, 5.74) is 3.39. The van der Waals surface area contributed by atoms with Gasteiger partial charge in [-0.25, -0.2) is 9.78 Å². The molecule has 1 aliphatic heterocycles. The highest BCUT2D eigenvalue weighted by Crippen LogP contribution is 2.30. The van der Waals surface area contributed by atoms with Crippen molar-refractivity contribution in [3.05, 3.63) is 71.2 Å². The molecule has 0 unspecified atom stereocenters. The first kappa shape index (κ1) is 17.8. The number of nitrogens with zero attached hydrogens (tertiary/aromatic N) is 4. The van der Waals surface area contributed by atoms with Crippen LogP contribution in [0.1, 0.15) is 0 Å². The maximum absolute atomic E-state index is 12.4. The predicted octanol–water partition coefficient (Wildman–Crippen LogP) is 3.01. The van der Waals surface area contributed by atoms with Crippen LogP contribution >= 0.6 is 0 Å². The van der Waals surface area contributed by atoms with Crippen molar-refractivity contribution in [2.24, 2.45) is 0 Å². The van der Waals surface area contributed by atoms with Crippen LogP contribution in [-0.2, 0) is 11.4 Å². The van der Waals surface area contributed by atoms with Crippen molar-refractivity contribution < 1.29 is 9.15 Å². The van der Waals surface area contributed by atoms with E-state index in [9.17, 15) is 4.79 Å². The molecular formula is C22H20N4O3. The minimum Gasteiger partial charge on any atom is -0.388 e. The van der Waals surface area contributed by atoms with Crippen LogP contribution in [0.3, 0.4) is 0 Å². The topological polar surface area (TPSA) is 73.4 Å². The van der Waals surface area contributed by atoms with Crippen LogP contribution in [0.5, 0.6) is 0 Å². The molecule has 29 heavy (non-hydrogen) atoms. The van der Waals surface area contributed by atoms with Crippen LogP contribution in [0, 0.1) is 0 Å². The van der Waals surface area contributed by atoms with Gasteiger partial charge >= 0.3 is 5.76 Å². The summed E-state index contributed by atoms with van der Waals surface area (Å²) in [6, 6.07) is 19.7. The van der Waals surface area contributed by atoms with Crippen molar-refractivity contribution in [3.63, 3.8) is 0 Å². The van der Waals surface area contributed by atoms with Crippen LogP contribution < -0.4 is 5.76 Å². The molecule has 3 heterocycles. The van der Waals surface area contributed by atoms with Crippen molar-refractivity contribution in [1.29, 1.82) is 0 Å². The quantitative estimate of drug-likeness (QED) is 0.535. The third kappa shape index (κ3) is 3.57. The number of ether oxygens (including phenoxy) is 1. The monoisotopic (exact) mass is 388 g/mol. The van der Waals surface area contributed by atoms with E-state index in [1.807, 2.05) is 60.7 Å². The van der Waals surface area contributed by atoms with E-state index in [0.717, 1.165) is 40.8 Å². The number of benzene rings is 2. The summed E-state index contributed by atoms with van der Waals surface area (Å²) < 4.78 is 12.3. The lowest BCUT2D eigenvalue weighted by atomic mass is 10.0. The standard InChI is InChI=1S/C22H20N4O3/c27-22-26(15-25-10-12-28-13-11-25)24-21(29-22)18-14-20(16-6-2-1-3-7-16)23-19-9-5-4-8-17(18)19/h1-9,14H,10-13,15H2. The molecule has 2 aromatic heterocycles. The Morgan fingerprint density at radius 1 is 0.966 bits per heavy atom. The summed E-state index contributed by atoms with van der Waals surface area (Å²) in [6.45, 7) is 3.25. The second-order valence-electron chi connectivity index (χ2n) is 6.98. The van der Waals surface area contributed by atoms with Gasteiger partial charge in [0.25, 0.3) is 0 Å². The Morgan fingerprint density at radius 2 is 1.72 bits per heavy atom. The summed E-state index contributed by atoms with van der Waals surface area (Å²) in [4.78, 5) is 19.3. The van der Waals surface area contributed by atoms with Crippen LogP contribution in [0.4, 0.5) is 0 Å². The molecule has 1 saturated heterocycles. The minimum atomic E-state index is -0.464. The van der Waals surface area contributed by atoms with E-state index in [2.05, 4.69) is 10.00 Å². The van der Waals surface area contributed by atoms with E-state index >= 15 is 0 Å². The Labute approximate surface area is 167 Å². The lowest BCUT2D eigenvalue weighted by Gasteiger charge is -2.25. The molecule has 4 aromatic rings. The Kier molecular flexibility index (Phi) is 4.67. The zero-order valence-corrected chi connectivity index (χ0v) is 15.8. The molecule has 0 saturated carbocycles. The molecule has 0 aliphatic carbocycles. The number of hydrogen-bond donors (Lipinski definition) is 0. The van der Waals surface area contributed by atoms with Crippen molar-refractivity contribution in [2.45, 2.75) is 6.67 Å². The molecule has 2 aromatic carbocycles. The second-order valence-corrected chi connectivity index (χ2v) is 6.98. The van der Waals surface area contributed by atoms with Gasteiger partial charge in [0.1, 0.15) is 6.67 Å². The predicted molar refractivity (Wildman–Crippen MR) is 109 cm³/mol. The molecule has 1 aliphatic rings. The highest BCUT2D eigenvalue weighted by atomic mass is 16.5. The molecule has 0 amide bonds. The van der Waals surface area contributed by atoms with Gasteiger partial charge in [-0.3, -0.25) is 4.90 Å². The molecule has 7 heteroatoms. The summed E-state index contributed by atoms with van der Waals surface area (Å²) in [6.07, 6.45) is 0. The third-order valence-corrected chi connectivity index (χ3v) is 5.06. The highest BCUT2D eigenvalue weighted by molar-refractivity contribution is 5.94. The number of fused-ring (bicyclic) bond motifs is 1. The van der Waals surface area contributed by atoms with Gasteiger partial charge in [0.2, 0.25) is 5.89 Å². The van der Waals surface area contributed by atoms with Crippen molar-refractivity contribution in [1.82, 2.24) is 19.7 Å². The Balaban J connectivity index is 1.59. The normalized spacial score (nSPS) is 15.0. The number of pyridine rings is 1. The first-order chi connectivity index (χ1) is 14.3. The van der Waals surface area contributed by atoms with Gasteiger partial charge in [0.05, 0.1) is 30.0 Å². The third-order valence-electron chi connectivity index (χ3n) is 5.06. The average Bonchev–Trinajstić information content (AvgIpc) is 3.14. The first-order valence-electron chi connectivity index (χ1n) is 9.61. The van der Waals surface area contributed by atoms with Gasteiger partial charge < -0.3 is 9.15 Å². The number of para-hydroxylation sites is 1. The Morgan fingerprint density at radius 3 is 2.55 bits per heavy atom. The molecule has 7 nitrogen and oxygen atoms in total.